The van der Waals surface area contributed by atoms with Gasteiger partial charge in [0.2, 0.25) is 0 Å². The van der Waals surface area contributed by atoms with Crippen molar-refractivity contribution in [3.05, 3.63) is 40.7 Å². The van der Waals surface area contributed by atoms with Crippen LogP contribution in [0.25, 0.3) is 17.0 Å². The van der Waals surface area contributed by atoms with Crippen molar-refractivity contribution in [3.63, 3.8) is 0 Å². The molecule has 0 atom stereocenters. The van der Waals surface area contributed by atoms with Gasteiger partial charge in [-0.2, -0.15) is 0 Å². The molecule has 0 aliphatic heterocycles. The van der Waals surface area contributed by atoms with Gasteiger partial charge >= 0.3 is 0 Å². The molecule has 1 N–H and O–H groups in total. The normalized spacial score (nSPS) is 10.2. The molecule has 2 aromatic rings. The van der Waals surface area contributed by atoms with Gasteiger partial charge in [0.25, 0.3) is 5.56 Å². The molecule has 1 heterocycles. The molecular weight excluding hydrogens is 166 g/mol. The number of benzene rings is 1. The molecule has 4 nitrogen and oxygen atoms in total. The van der Waals surface area contributed by atoms with Crippen molar-refractivity contribution < 1.29 is 0 Å². The number of nitrogens with zero attached hydrogens (tertiary/aromatic N) is 2. The van der Waals surface area contributed by atoms with E-state index in [1.807, 2.05) is 6.07 Å². The van der Waals surface area contributed by atoms with E-state index < -0.39 is 0 Å². The first-order chi connectivity index (χ1) is 6.31. The van der Waals surface area contributed by atoms with E-state index in [0.717, 1.165) is 5.56 Å². The lowest BCUT2D eigenvalue weighted by atomic mass is 10.1. The van der Waals surface area contributed by atoms with Crippen LogP contribution in [0.4, 0.5) is 0 Å². The zero-order valence-electron chi connectivity index (χ0n) is 6.82. The van der Waals surface area contributed by atoms with E-state index in [1.54, 1.807) is 18.2 Å². The first-order valence-electron chi connectivity index (χ1n) is 3.79. The summed E-state index contributed by atoms with van der Waals surface area (Å²) in [7, 11) is 0. The van der Waals surface area contributed by atoms with Crippen LogP contribution >= 0.6 is 0 Å². The summed E-state index contributed by atoms with van der Waals surface area (Å²) >= 11 is 0. The largest absolute Gasteiger partial charge is 0.275 e. The van der Waals surface area contributed by atoms with E-state index in [2.05, 4.69) is 22.0 Å². The zero-order chi connectivity index (χ0) is 9.26. The predicted molar refractivity (Wildman–Crippen MR) is 50.2 cm³/mol. The summed E-state index contributed by atoms with van der Waals surface area (Å²) in [5, 5.41) is 10.1. The summed E-state index contributed by atoms with van der Waals surface area (Å²) in [6.45, 7) is 3.63. The summed E-state index contributed by atoms with van der Waals surface area (Å²) < 4.78 is 0. The van der Waals surface area contributed by atoms with Crippen LogP contribution in [0.2, 0.25) is 0 Å². The van der Waals surface area contributed by atoms with E-state index in [1.165, 1.54) is 0 Å². The Labute approximate surface area is 73.9 Å². The van der Waals surface area contributed by atoms with Crippen LogP contribution in [-0.4, -0.2) is 15.4 Å². The molecule has 0 unspecified atom stereocenters. The molecule has 0 amide bonds. The van der Waals surface area contributed by atoms with Crippen molar-refractivity contribution in [2.45, 2.75) is 0 Å². The van der Waals surface area contributed by atoms with Gasteiger partial charge < -0.3 is 0 Å². The molecule has 2 rings (SSSR count). The molecular formula is C9H7N3O. The second kappa shape index (κ2) is 2.82. The van der Waals surface area contributed by atoms with Gasteiger partial charge in [0.05, 0.1) is 5.39 Å². The Hall–Kier alpha value is -1.97. The summed E-state index contributed by atoms with van der Waals surface area (Å²) in [6, 6.07) is 5.29. The maximum absolute atomic E-state index is 11.2. The Morgan fingerprint density at radius 1 is 1.46 bits per heavy atom. The number of hydrogen-bond donors (Lipinski definition) is 1. The first kappa shape index (κ1) is 7.67. The molecule has 0 saturated heterocycles. The fourth-order valence-electron chi connectivity index (χ4n) is 1.13. The van der Waals surface area contributed by atoms with Gasteiger partial charge in [-0.1, -0.05) is 23.9 Å². The average Bonchev–Trinajstić information content (AvgIpc) is 2.18. The molecule has 0 radical (unpaired) electrons. The monoisotopic (exact) mass is 173 g/mol. The standard InChI is InChI=1S/C9H7N3O/c1-2-6-3-4-7-8(5-6)10-12-11-9(7)13/h2-5H,1H2,(H,10,11,13). The molecule has 0 aliphatic rings. The SMILES string of the molecule is C=Cc1ccc2c(=O)[nH]nnc2c1. The minimum atomic E-state index is -0.222. The Bertz CT molecular complexity index is 515. The molecule has 0 aliphatic carbocycles. The Kier molecular flexibility index (Phi) is 1.66. The number of H-pyrrole nitrogens is 1. The lowest BCUT2D eigenvalue weighted by molar-refractivity contribution is 0.872. The van der Waals surface area contributed by atoms with Crippen molar-refractivity contribution in [3.8, 4) is 0 Å². The summed E-state index contributed by atoms with van der Waals surface area (Å²) in [5.74, 6) is 0. The smallest absolute Gasteiger partial charge is 0.267 e. The first-order valence-corrected chi connectivity index (χ1v) is 3.79. The highest BCUT2D eigenvalue weighted by Crippen LogP contribution is 2.09. The Balaban J connectivity index is 2.87. The van der Waals surface area contributed by atoms with Gasteiger partial charge in [-0.15, -0.1) is 5.10 Å². The van der Waals surface area contributed by atoms with Crippen LogP contribution in [0.3, 0.4) is 0 Å². The van der Waals surface area contributed by atoms with E-state index >= 15 is 0 Å². The minimum Gasteiger partial charge on any atom is -0.267 e. The molecule has 64 valence electrons. The second-order valence-corrected chi connectivity index (χ2v) is 2.62. The van der Waals surface area contributed by atoms with Crippen molar-refractivity contribution >= 4 is 17.0 Å². The van der Waals surface area contributed by atoms with E-state index in [-0.39, 0.29) is 5.56 Å². The fourth-order valence-corrected chi connectivity index (χ4v) is 1.13. The highest BCUT2D eigenvalue weighted by Gasteiger charge is 1.98. The molecule has 1 aromatic carbocycles. The third kappa shape index (κ3) is 1.22. The number of nitrogens with one attached hydrogen (secondary N) is 1. The van der Waals surface area contributed by atoms with Crippen LogP contribution in [0.1, 0.15) is 5.56 Å². The second-order valence-electron chi connectivity index (χ2n) is 2.62. The lowest BCUT2D eigenvalue weighted by Crippen LogP contribution is -2.09. The predicted octanol–water partition coefficient (Wildman–Crippen LogP) is 0.961. The van der Waals surface area contributed by atoms with Crippen LogP contribution in [0.15, 0.2) is 29.6 Å². The number of hydrogen-bond acceptors (Lipinski definition) is 3. The summed E-state index contributed by atoms with van der Waals surface area (Å²) in [4.78, 5) is 11.2. The van der Waals surface area contributed by atoms with Crippen LogP contribution in [0.5, 0.6) is 0 Å². The molecule has 0 saturated carbocycles. The van der Waals surface area contributed by atoms with Crippen molar-refractivity contribution in [2.75, 3.05) is 0 Å². The topological polar surface area (TPSA) is 58.6 Å². The molecule has 0 fully saturated rings. The highest BCUT2D eigenvalue weighted by molar-refractivity contribution is 5.79. The average molecular weight is 173 g/mol. The maximum atomic E-state index is 11.2. The fraction of sp³-hybridized carbons (Fsp3) is 0. The third-order valence-electron chi connectivity index (χ3n) is 1.81. The highest BCUT2D eigenvalue weighted by atomic mass is 16.1. The van der Waals surface area contributed by atoms with Crippen molar-refractivity contribution in [1.82, 2.24) is 15.4 Å². The third-order valence-corrected chi connectivity index (χ3v) is 1.81. The van der Waals surface area contributed by atoms with Crippen LogP contribution in [-0.2, 0) is 0 Å². The van der Waals surface area contributed by atoms with Crippen molar-refractivity contribution in [1.29, 1.82) is 0 Å². The maximum Gasteiger partial charge on any atom is 0.275 e. The van der Waals surface area contributed by atoms with Gasteiger partial charge in [0.15, 0.2) is 0 Å². The van der Waals surface area contributed by atoms with Crippen molar-refractivity contribution in [2.24, 2.45) is 0 Å². The quantitative estimate of drug-likeness (QED) is 0.698. The molecule has 4 heteroatoms. The van der Waals surface area contributed by atoms with Gasteiger partial charge in [0.1, 0.15) is 5.52 Å². The molecule has 13 heavy (non-hydrogen) atoms. The Morgan fingerprint density at radius 2 is 2.31 bits per heavy atom. The zero-order valence-corrected chi connectivity index (χ0v) is 6.82. The van der Waals surface area contributed by atoms with E-state index in [0.29, 0.717) is 10.9 Å². The summed E-state index contributed by atoms with van der Waals surface area (Å²) in [5.41, 5.74) is 1.29. The molecule has 0 spiro atoms. The summed E-state index contributed by atoms with van der Waals surface area (Å²) in [6.07, 6.45) is 1.70. The Morgan fingerprint density at radius 3 is 3.08 bits per heavy atom. The van der Waals surface area contributed by atoms with Crippen LogP contribution in [0, 0.1) is 0 Å². The van der Waals surface area contributed by atoms with E-state index in [9.17, 15) is 4.79 Å². The number of rotatable bonds is 1. The van der Waals surface area contributed by atoms with Gasteiger partial charge in [-0.3, -0.25) is 4.79 Å². The number of aromatic amines is 1. The van der Waals surface area contributed by atoms with Crippen LogP contribution < -0.4 is 5.56 Å². The van der Waals surface area contributed by atoms with Gasteiger partial charge in [0, 0.05) is 0 Å². The molecule has 0 bridgehead atoms. The van der Waals surface area contributed by atoms with E-state index in [4.69, 9.17) is 0 Å². The van der Waals surface area contributed by atoms with Gasteiger partial charge in [-0.25, -0.2) is 5.10 Å². The number of fused-ring (bicyclic) bond motifs is 1. The lowest BCUT2D eigenvalue weighted by Gasteiger charge is -1.95. The van der Waals surface area contributed by atoms with Gasteiger partial charge in [-0.05, 0) is 17.7 Å². The number of aromatic nitrogens is 3. The molecule has 1 aromatic heterocycles. The minimum absolute atomic E-state index is 0.222.